The van der Waals surface area contributed by atoms with Gasteiger partial charge >= 0.3 is 0 Å². The summed E-state index contributed by atoms with van der Waals surface area (Å²) in [5.74, 6) is -0.163. The van der Waals surface area contributed by atoms with Gasteiger partial charge in [0.1, 0.15) is 0 Å². The number of hydrogen-bond acceptors (Lipinski definition) is 3. The Labute approximate surface area is 105 Å². The second kappa shape index (κ2) is 7.67. The third kappa shape index (κ3) is 8.16. The second-order valence-electron chi connectivity index (χ2n) is 5.89. The van der Waals surface area contributed by atoms with Crippen LogP contribution in [0.1, 0.15) is 47.0 Å². The summed E-state index contributed by atoms with van der Waals surface area (Å²) >= 11 is 0. The minimum atomic E-state index is -0.487. The molecule has 0 aromatic carbocycles. The average Bonchev–Trinajstić information content (AvgIpc) is 2.20. The zero-order valence-electron chi connectivity index (χ0n) is 11.6. The maximum atomic E-state index is 11.7. The Balaban J connectivity index is 3.97. The van der Waals surface area contributed by atoms with Crippen LogP contribution in [0.15, 0.2) is 0 Å². The van der Waals surface area contributed by atoms with Gasteiger partial charge in [0.25, 0.3) is 0 Å². The van der Waals surface area contributed by atoms with Crippen molar-refractivity contribution in [1.82, 2.24) is 5.32 Å². The van der Waals surface area contributed by atoms with E-state index in [-0.39, 0.29) is 17.2 Å². The molecule has 17 heavy (non-hydrogen) atoms. The van der Waals surface area contributed by atoms with E-state index >= 15 is 0 Å². The highest BCUT2D eigenvalue weighted by Crippen LogP contribution is 2.20. The molecule has 0 bridgehead atoms. The zero-order chi connectivity index (χ0) is 13.5. The average molecular weight is 244 g/mol. The minimum Gasteiger partial charge on any atom is -0.391 e. The number of aliphatic hydroxyl groups is 1. The maximum Gasteiger partial charge on any atom is 0.224 e. The van der Waals surface area contributed by atoms with Gasteiger partial charge in [-0.25, -0.2) is 0 Å². The maximum absolute atomic E-state index is 11.7. The van der Waals surface area contributed by atoms with Crippen molar-refractivity contribution in [3.05, 3.63) is 0 Å². The number of amides is 1. The van der Waals surface area contributed by atoms with Crippen LogP contribution in [0.3, 0.4) is 0 Å². The van der Waals surface area contributed by atoms with Crippen LogP contribution in [0.5, 0.6) is 0 Å². The van der Waals surface area contributed by atoms with E-state index in [2.05, 4.69) is 26.1 Å². The lowest BCUT2D eigenvalue weighted by atomic mass is 9.89. The lowest BCUT2D eigenvalue weighted by Gasteiger charge is -2.23. The number of hydrogen-bond donors (Lipinski definition) is 3. The van der Waals surface area contributed by atoms with E-state index in [0.717, 1.165) is 12.8 Å². The number of nitrogens with one attached hydrogen (secondary N) is 1. The molecule has 0 aliphatic carbocycles. The largest absolute Gasteiger partial charge is 0.391 e. The second-order valence-corrected chi connectivity index (χ2v) is 5.89. The molecule has 0 saturated heterocycles. The molecule has 0 aromatic rings. The van der Waals surface area contributed by atoms with Crippen molar-refractivity contribution >= 4 is 5.91 Å². The van der Waals surface area contributed by atoms with E-state index in [1.165, 1.54) is 0 Å². The Morgan fingerprint density at radius 2 is 2.00 bits per heavy atom. The molecule has 4 nitrogen and oxygen atoms in total. The fraction of sp³-hybridized carbons (Fsp3) is 0.923. The fourth-order valence-corrected chi connectivity index (χ4v) is 1.85. The van der Waals surface area contributed by atoms with Crippen molar-refractivity contribution in [3.8, 4) is 0 Å². The molecule has 0 aliphatic rings. The van der Waals surface area contributed by atoms with Gasteiger partial charge in [-0.2, -0.15) is 0 Å². The number of aliphatic hydroxyl groups excluding tert-OH is 1. The molecule has 0 rings (SSSR count). The zero-order valence-corrected chi connectivity index (χ0v) is 11.6. The van der Waals surface area contributed by atoms with Crippen LogP contribution in [0.25, 0.3) is 0 Å². The molecule has 2 unspecified atom stereocenters. The Bertz CT molecular complexity index is 224. The van der Waals surface area contributed by atoms with E-state index in [1.807, 2.05) is 6.92 Å². The highest BCUT2D eigenvalue weighted by molar-refractivity contribution is 5.78. The van der Waals surface area contributed by atoms with Crippen LogP contribution in [0.4, 0.5) is 0 Å². The smallest absolute Gasteiger partial charge is 0.224 e. The summed E-state index contributed by atoms with van der Waals surface area (Å²) < 4.78 is 0. The van der Waals surface area contributed by atoms with Crippen LogP contribution in [0, 0.1) is 11.3 Å². The Morgan fingerprint density at radius 1 is 1.41 bits per heavy atom. The SMILES string of the molecule is CCCC(CN)C(=O)NCC(O)CC(C)(C)C. The summed E-state index contributed by atoms with van der Waals surface area (Å²) in [7, 11) is 0. The molecule has 0 radical (unpaired) electrons. The Morgan fingerprint density at radius 3 is 2.41 bits per heavy atom. The first-order valence-corrected chi connectivity index (χ1v) is 6.46. The van der Waals surface area contributed by atoms with Crippen molar-refractivity contribution in [2.24, 2.45) is 17.1 Å². The molecule has 0 saturated carbocycles. The van der Waals surface area contributed by atoms with Crippen molar-refractivity contribution in [2.75, 3.05) is 13.1 Å². The van der Waals surface area contributed by atoms with Gasteiger partial charge in [-0.3, -0.25) is 4.79 Å². The van der Waals surface area contributed by atoms with Gasteiger partial charge < -0.3 is 16.2 Å². The van der Waals surface area contributed by atoms with Crippen LogP contribution < -0.4 is 11.1 Å². The van der Waals surface area contributed by atoms with Crippen molar-refractivity contribution < 1.29 is 9.90 Å². The number of rotatable bonds is 7. The van der Waals surface area contributed by atoms with Gasteiger partial charge in [0, 0.05) is 13.1 Å². The quantitative estimate of drug-likeness (QED) is 0.631. The molecule has 2 atom stereocenters. The predicted molar refractivity (Wildman–Crippen MR) is 70.5 cm³/mol. The fourth-order valence-electron chi connectivity index (χ4n) is 1.85. The van der Waals surface area contributed by atoms with Crippen LogP contribution >= 0.6 is 0 Å². The Kier molecular flexibility index (Phi) is 7.39. The summed E-state index contributed by atoms with van der Waals surface area (Å²) in [5, 5.41) is 12.5. The monoisotopic (exact) mass is 244 g/mol. The highest BCUT2D eigenvalue weighted by Gasteiger charge is 2.19. The summed E-state index contributed by atoms with van der Waals surface area (Å²) in [5.41, 5.74) is 5.61. The number of carbonyl (C=O) groups excluding carboxylic acids is 1. The summed E-state index contributed by atoms with van der Waals surface area (Å²) in [6, 6.07) is 0. The molecule has 0 spiro atoms. The van der Waals surface area contributed by atoms with Gasteiger partial charge in [-0.15, -0.1) is 0 Å². The molecule has 1 amide bonds. The normalized spacial score (nSPS) is 15.4. The van der Waals surface area contributed by atoms with Crippen molar-refractivity contribution in [2.45, 2.75) is 53.1 Å². The lowest BCUT2D eigenvalue weighted by Crippen LogP contribution is -2.39. The van der Waals surface area contributed by atoms with Gasteiger partial charge in [0.2, 0.25) is 5.91 Å². The molecule has 4 heteroatoms. The Hall–Kier alpha value is -0.610. The molecular formula is C13H28N2O2. The molecule has 0 heterocycles. The third-order valence-electron chi connectivity index (χ3n) is 2.65. The lowest BCUT2D eigenvalue weighted by molar-refractivity contribution is -0.125. The molecule has 4 N–H and O–H groups in total. The first kappa shape index (κ1) is 16.4. The molecule has 0 fully saturated rings. The highest BCUT2D eigenvalue weighted by atomic mass is 16.3. The van der Waals surface area contributed by atoms with E-state index in [1.54, 1.807) is 0 Å². The van der Waals surface area contributed by atoms with E-state index < -0.39 is 6.10 Å². The van der Waals surface area contributed by atoms with Gasteiger partial charge in [-0.1, -0.05) is 34.1 Å². The van der Waals surface area contributed by atoms with Gasteiger partial charge in [0.05, 0.1) is 12.0 Å². The van der Waals surface area contributed by atoms with Gasteiger partial charge in [-0.05, 0) is 18.3 Å². The van der Waals surface area contributed by atoms with Crippen molar-refractivity contribution in [3.63, 3.8) is 0 Å². The molecular weight excluding hydrogens is 216 g/mol. The first-order chi connectivity index (χ1) is 7.80. The summed E-state index contributed by atoms with van der Waals surface area (Å²) in [6.45, 7) is 8.92. The molecule has 0 aromatic heterocycles. The van der Waals surface area contributed by atoms with Crippen molar-refractivity contribution in [1.29, 1.82) is 0 Å². The summed E-state index contributed by atoms with van der Waals surface area (Å²) in [6.07, 6.45) is 1.94. The van der Waals surface area contributed by atoms with E-state index in [4.69, 9.17) is 5.73 Å². The number of nitrogens with two attached hydrogens (primary N) is 1. The first-order valence-electron chi connectivity index (χ1n) is 6.46. The van der Waals surface area contributed by atoms with Crippen LogP contribution in [-0.4, -0.2) is 30.2 Å². The van der Waals surface area contributed by atoms with E-state index in [9.17, 15) is 9.90 Å². The number of carbonyl (C=O) groups is 1. The summed E-state index contributed by atoms with van der Waals surface area (Å²) in [4.78, 5) is 11.7. The molecule has 0 aliphatic heterocycles. The molecule has 102 valence electrons. The third-order valence-corrected chi connectivity index (χ3v) is 2.65. The minimum absolute atomic E-state index is 0.0395. The predicted octanol–water partition coefficient (Wildman–Crippen LogP) is 1.27. The van der Waals surface area contributed by atoms with E-state index in [0.29, 0.717) is 19.5 Å². The van der Waals surface area contributed by atoms with Crippen LogP contribution in [-0.2, 0) is 4.79 Å². The van der Waals surface area contributed by atoms with Crippen LogP contribution in [0.2, 0.25) is 0 Å². The van der Waals surface area contributed by atoms with Gasteiger partial charge in [0.15, 0.2) is 0 Å². The standard InChI is InChI=1S/C13H28N2O2/c1-5-6-10(8-14)12(17)15-9-11(16)7-13(2,3)4/h10-11,16H,5-9,14H2,1-4H3,(H,15,17). The topological polar surface area (TPSA) is 75.4 Å².